The molecular weight excluding hydrogens is 482 g/mol. The van der Waals surface area contributed by atoms with Gasteiger partial charge < -0.3 is 9.72 Å². The van der Waals surface area contributed by atoms with E-state index in [2.05, 4.69) is 49.9 Å². The van der Waals surface area contributed by atoms with E-state index in [0.29, 0.717) is 6.54 Å². The first-order valence-corrected chi connectivity index (χ1v) is 12.5. The van der Waals surface area contributed by atoms with Crippen molar-refractivity contribution in [3.63, 3.8) is 0 Å². The molecule has 1 amide bonds. The number of nitrogens with zero attached hydrogens (tertiary/aromatic N) is 2. The molecular formula is C22H22BrN3O2S2. The lowest BCUT2D eigenvalue weighted by molar-refractivity contribution is 0.0219. The summed E-state index contributed by atoms with van der Waals surface area (Å²) >= 11 is 7.15. The number of carbonyl (C=O) groups excluding carboxylic acids is 1. The summed E-state index contributed by atoms with van der Waals surface area (Å²) in [5.74, 6) is 0.833. The molecule has 4 aromatic rings. The Balaban J connectivity index is 1.47. The van der Waals surface area contributed by atoms with Crippen LogP contribution in [-0.2, 0) is 4.74 Å². The van der Waals surface area contributed by atoms with Crippen LogP contribution in [0.25, 0.3) is 31.6 Å². The highest BCUT2D eigenvalue weighted by Crippen LogP contribution is 2.42. The molecule has 0 saturated carbocycles. The molecule has 1 unspecified atom stereocenters. The molecule has 0 spiro atoms. The third-order valence-electron chi connectivity index (χ3n) is 5.25. The van der Waals surface area contributed by atoms with Crippen molar-refractivity contribution >= 4 is 65.1 Å². The van der Waals surface area contributed by atoms with Gasteiger partial charge in [0.15, 0.2) is 0 Å². The molecule has 1 fully saturated rings. The molecule has 1 aromatic carbocycles. The van der Waals surface area contributed by atoms with E-state index in [9.17, 15) is 4.79 Å². The first kappa shape index (κ1) is 20.0. The number of amides is 1. The number of thiophene rings is 2. The maximum absolute atomic E-state index is 12.7. The Morgan fingerprint density at radius 1 is 1.27 bits per heavy atom. The van der Waals surface area contributed by atoms with Crippen molar-refractivity contribution in [2.75, 3.05) is 6.54 Å². The maximum atomic E-state index is 12.7. The molecule has 0 aliphatic carbocycles. The number of halogens is 1. The van der Waals surface area contributed by atoms with Crippen molar-refractivity contribution in [2.24, 2.45) is 0 Å². The number of aromatic amines is 1. The van der Waals surface area contributed by atoms with Crippen LogP contribution in [0.4, 0.5) is 4.79 Å². The molecule has 156 valence electrons. The van der Waals surface area contributed by atoms with Crippen LogP contribution in [-0.4, -0.2) is 33.1 Å². The van der Waals surface area contributed by atoms with Crippen LogP contribution < -0.4 is 0 Å². The topological polar surface area (TPSA) is 58.2 Å². The van der Waals surface area contributed by atoms with E-state index in [1.807, 2.05) is 20.8 Å². The minimum absolute atomic E-state index is 0.0724. The van der Waals surface area contributed by atoms with Crippen LogP contribution in [0.1, 0.15) is 45.5 Å². The van der Waals surface area contributed by atoms with Crippen LogP contribution in [0.3, 0.4) is 0 Å². The number of rotatable bonds is 2. The van der Waals surface area contributed by atoms with E-state index in [1.54, 1.807) is 27.6 Å². The molecule has 8 heteroatoms. The molecule has 4 heterocycles. The zero-order valence-electron chi connectivity index (χ0n) is 17.0. The van der Waals surface area contributed by atoms with Crippen molar-refractivity contribution in [3.05, 3.63) is 39.3 Å². The molecule has 0 bridgehead atoms. The summed E-state index contributed by atoms with van der Waals surface area (Å²) < 4.78 is 9.36. The van der Waals surface area contributed by atoms with Crippen molar-refractivity contribution < 1.29 is 9.53 Å². The number of ether oxygens (including phenoxy) is 1. The number of nitrogens with one attached hydrogen (secondary N) is 1. The van der Waals surface area contributed by atoms with Crippen LogP contribution in [0.15, 0.2) is 33.4 Å². The van der Waals surface area contributed by atoms with Gasteiger partial charge in [0.1, 0.15) is 11.4 Å². The standard InChI is InChI=1S/C22H22BrN3O2S2/c1-22(2,3)28-21(27)26-8-4-5-17(26)20-24-15-7-6-12(9-16(15)25-20)13-10-29-19-14(23)11-30-18(13)19/h6-7,9-11,17H,4-5,8H2,1-3H3,(H,24,25). The second-order valence-corrected chi connectivity index (χ2v) is 11.2. The molecule has 5 nitrogen and oxygen atoms in total. The summed E-state index contributed by atoms with van der Waals surface area (Å²) in [7, 11) is 0. The van der Waals surface area contributed by atoms with Gasteiger partial charge in [-0.15, -0.1) is 22.7 Å². The maximum Gasteiger partial charge on any atom is 0.410 e. The van der Waals surface area contributed by atoms with Gasteiger partial charge in [-0.05, 0) is 67.2 Å². The van der Waals surface area contributed by atoms with Crippen LogP contribution >= 0.6 is 38.6 Å². The van der Waals surface area contributed by atoms with Gasteiger partial charge >= 0.3 is 6.09 Å². The Morgan fingerprint density at radius 2 is 2.07 bits per heavy atom. The van der Waals surface area contributed by atoms with Gasteiger partial charge in [0.25, 0.3) is 0 Å². The average molecular weight is 504 g/mol. The highest BCUT2D eigenvalue weighted by atomic mass is 79.9. The number of fused-ring (bicyclic) bond motifs is 2. The first-order valence-electron chi connectivity index (χ1n) is 9.94. The van der Waals surface area contributed by atoms with E-state index in [0.717, 1.165) is 34.2 Å². The molecule has 1 aliphatic heterocycles. The van der Waals surface area contributed by atoms with Gasteiger partial charge in [-0.25, -0.2) is 9.78 Å². The van der Waals surface area contributed by atoms with Crippen molar-refractivity contribution in [2.45, 2.75) is 45.3 Å². The fraction of sp³-hybridized carbons (Fsp3) is 0.364. The Kier molecular flexibility index (Phi) is 4.91. The number of likely N-dealkylation sites (tertiary alicyclic amines) is 1. The lowest BCUT2D eigenvalue weighted by Crippen LogP contribution is -2.36. The largest absolute Gasteiger partial charge is 0.444 e. The predicted molar refractivity (Wildman–Crippen MR) is 127 cm³/mol. The smallest absolute Gasteiger partial charge is 0.410 e. The Hall–Kier alpha value is -1.90. The molecule has 1 saturated heterocycles. The normalized spacial score (nSPS) is 17.3. The number of benzene rings is 1. The first-order chi connectivity index (χ1) is 14.3. The summed E-state index contributed by atoms with van der Waals surface area (Å²) in [6, 6.07) is 6.27. The number of carbonyl (C=O) groups is 1. The van der Waals surface area contributed by atoms with Crippen LogP contribution in [0.5, 0.6) is 0 Å². The van der Waals surface area contributed by atoms with Crippen molar-refractivity contribution in [1.82, 2.24) is 14.9 Å². The van der Waals surface area contributed by atoms with Crippen molar-refractivity contribution in [1.29, 1.82) is 0 Å². The molecule has 0 radical (unpaired) electrons. The highest BCUT2D eigenvalue weighted by molar-refractivity contribution is 9.10. The Bertz CT molecular complexity index is 1250. The SMILES string of the molecule is CC(C)(C)OC(=O)N1CCCC1c1nc2ccc(-c3csc4c(Br)csc34)cc2[nH]1. The molecule has 1 aliphatic rings. The van der Waals surface area contributed by atoms with Gasteiger partial charge in [0, 0.05) is 27.3 Å². The Morgan fingerprint density at radius 3 is 2.87 bits per heavy atom. The molecule has 3 aromatic heterocycles. The fourth-order valence-corrected chi connectivity index (χ4v) is 7.00. The van der Waals surface area contributed by atoms with Crippen molar-refractivity contribution in [3.8, 4) is 11.1 Å². The monoisotopic (exact) mass is 503 g/mol. The van der Waals surface area contributed by atoms with Crippen LogP contribution in [0.2, 0.25) is 0 Å². The highest BCUT2D eigenvalue weighted by Gasteiger charge is 2.35. The third kappa shape index (κ3) is 3.55. The number of hydrogen-bond donors (Lipinski definition) is 1. The summed E-state index contributed by atoms with van der Waals surface area (Å²) in [6.45, 7) is 6.38. The minimum Gasteiger partial charge on any atom is -0.444 e. The van der Waals surface area contributed by atoms with Crippen LogP contribution in [0, 0.1) is 0 Å². The fourth-order valence-electron chi connectivity index (χ4n) is 3.94. The lowest BCUT2D eigenvalue weighted by Gasteiger charge is -2.27. The van der Waals surface area contributed by atoms with Gasteiger partial charge in [0.2, 0.25) is 0 Å². The zero-order valence-corrected chi connectivity index (χ0v) is 20.2. The predicted octanol–water partition coefficient (Wildman–Crippen LogP) is 7.34. The summed E-state index contributed by atoms with van der Waals surface area (Å²) in [4.78, 5) is 22.7. The second-order valence-electron chi connectivity index (χ2n) is 8.58. The quantitative estimate of drug-likeness (QED) is 0.311. The minimum atomic E-state index is -0.504. The zero-order chi connectivity index (χ0) is 21.0. The van der Waals surface area contributed by atoms with E-state index >= 15 is 0 Å². The molecule has 1 atom stereocenters. The summed E-state index contributed by atoms with van der Waals surface area (Å²) in [5.41, 5.74) is 3.83. The molecule has 30 heavy (non-hydrogen) atoms. The Labute approximate surface area is 191 Å². The average Bonchev–Trinajstić information content (AvgIpc) is 3.44. The molecule has 1 N–H and O–H groups in total. The van der Waals surface area contributed by atoms with E-state index < -0.39 is 5.60 Å². The van der Waals surface area contributed by atoms with Gasteiger partial charge in [-0.2, -0.15) is 0 Å². The summed E-state index contributed by atoms with van der Waals surface area (Å²) in [5, 5.41) is 4.36. The number of H-pyrrole nitrogens is 1. The lowest BCUT2D eigenvalue weighted by atomic mass is 10.1. The van der Waals surface area contributed by atoms with E-state index in [-0.39, 0.29) is 12.1 Å². The van der Waals surface area contributed by atoms with E-state index in [1.165, 1.54) is 20.5 Å². The third-order valence-corrected chi connectivity index (χ3v) is 8.60. The van der Waals surface area contributed by atoms with Gasteiger partial charge in [-0.3, -0.25) is 4.90 Å². The summed E-state index contributed by atoms with van der Waals surface area (Å²) in [6.07, 6.45) is 1.57. The number of hydrogen-bond acceptors (Lipinski definition) is 5. The van der Waals surface area contributed by atoms with Gasteiger partial charge in [0.05, 0.1) is 26.5 Å². The van der Waals surface area contributed by atoms with E-state index in [4.69, 9.17) is 9.72 Å². The second kappa shape index (κ2) is 7.35. The number of imidazole rings is 1. The van der Waals surface area contributed by atoms with Gasteiger partial charge in [-0.1, -0.05) is 6.07 Å². The number of aromatic nitrogens is 2. The molecule has 5 rings (SSSR count).